The highest BCUT2D eigenvalue weighted by Crippen LogP contribution is 2.61. The third-order valence-electron chi connectivity index (χ3n) is 25.2. The van der Waals surface area contributed by atoms with E-state index in [1.807, 2.05) is 24.3 Å². The summed E-state index contributed by atoms with van der Waals surface area (Å²) >= 11 is 27.1. The smallest absolute Gasteiger partial charge is 0.235 e. The van der Waals surface area contributed by atoms with Crippen LogP contribution in [-0.4, -0.2) is 109 Å². The highest BCUT2D eigenvalue weighted by molar-refractivity contribution is 9.10. The number of aromatic nitrogens is 12. The largest absolute Gasteiger partial charge is 0.341 e. The molecule has 592 valence electrons. The summed E-state index contributed by atoms with van der Waals surface area (Å²) in [5.74, 6) is 1.71. The molecule has 1 amide bonds. The van der Waals surface area contributed by atoms with Crippen LogP contribution in [0.1, 0.15) is 214 Å². The third kappa shape index (κ3) is 15.8. The van der Waals surface area contributed by atoms with Crippen LogP contribution in [-0.2, 0) is 55.7 Å². The number of anilines is 8. The molecule has 7 heterocycles. The molecule has 0 saturated heterocycles. The van der Waals surface area contributed by atoms with Gasteiger partial charge >= 0.3 is 0 Å². The molecule has 4 spiro atoms. The number of rotatable bonds is 13. The number of carbonyl (C=O) groups excluding carboxylic acids is 1. The Balaban J connectivity index is 0.000000115. The van der Waals surface area contributed by atoms with Crippen LogP contribution in [0.15, 0.2) is 155 Å². The first-order valence-electron chi connectivity index (χ1n) is 40.3. The van der Waals surface area contributed by atoms with Gasteiger partial charge in [-0.2, -0.15) is 15.6 Å². The monoisotopic (exact) mass is 1730 g/mol. The summed E-state index contributed by atoms with van der Waals surface area (Å²) in [5.41, 5.74) is 24.9. The van der Waals surface area contributed by atoms with Crippen molar-refractivity contribution in [1.82, 2.24) is 66.6 Å². The van der Waals surface area contributed by atoms with Gasteiger partial charge in [-0.05, 0) is 214 Å². The molecule has 4 saturated carbocycles. The lowest BCUT2D eigenvalue weighted by Gasteiger charge is -2.48. The zero-order valence-electron chi connectivity index (χ0n) is 65.0. The minimum absolute atomic E-state index is 0.00969. The Kier molecular flexibility index (Phi) is 23.3. The van der Waals surface area contributed by atoms with Gasteiger partial charge in [0.2, 0.25) is 15.9 Å². The molecule has 3 aromatic heterocycles. The van der Waals surface area contributed by atoms with Gasteiger partial charge in [-0.1, -0.05) is 225 Å². The van der Waals surface area contributed by atoms with Gasteiger partial charge in [0.25, 0.3) is 0 Å². The number of para-hydroxylation sites is 1. The zero-order chi connectivity index (χ0) is 78.9. The van der Waals surface area contributed by atoms with E-state index in [9.17, 15) is 13.2 Å². The maximum absolute atomic E-state index is 12.2. The fourth-order valence-corrected chi connectivity index (χ4v) is 22.1. The summed E-state index contributed by atoms with van der Waals surface area (Å²) in [6.07, 6.45) is 27.8. The van der Waals surface area contributed by atoms with E-state index < -0.39 is 15.9 Å². The number of amides is 1. The Morgan fingerprint density at radius 1 is 0.404 bits per heavy atom. The molecule has 11 aromatic rings. The third-order valence-corrected chi connectivity index (χ3v) is 27.6. The molecule has 0 atom stereocenters. The van der Waals surface area contributed by atoms with Gasteiger partial charge in [-0.15, -0.1) is 30.6 Å². The Morgan fingerprint density at radius 2 is 0.719 bits per heavy atom. The molecule has 26 heteroatoms. The summed E-state index contributed by atoms with van der Waals surface area (Å²) in [7, 11) is -3.56. The van der Waals surface area contributed by atoms with E-state index in [4.69, 9.17) is 34.8 Å². The number of nitrogens with one attached hydrogen (secondary N) is 4. The number of fused-ring (bicyclic) bond motifs is 16. The molecule has 8 aromatic carbocycles. The lowest BCUT2D eigenvalue weighted by Crippen LogP contribution is -2.40. The second-order valence-corrected chi connectivity index (χ2v) is 37.2. The van der Waals surface area contributed by atoms with Crippen LogP contribution in [0.2, 0.25) is 15.1 Å². The van der Waals surface area contributed by atoms with Gasteiger partial charge in [0.15, 0.2) is 17.5 Å². The van der Waals surface area contributed by atoms with Crippen LogP contribution >= 0.6 is 66.7 Å². The predicted molar refractivity (Wildman–Crippen MR) is 461 cm³/mol. The van der Waals surface area contributed by atoms with Crippen LogP contribution < -0.4 is 24.3 Å². The SMILES string of the molecule is Cc1ccc2c(c1)C1(CCCCC1)c1cc(Br)ccc1N2CCC(=O)NS(C)(=O)=O.Cc1ccc2c(c1)C1(CCCCC1)c1cc(Br)ccc1N2CCc1nn[nH]n1.Cc1ccc2c(c1)C1(CCCCC1)c1cc(Cl)ccc1N2CCc1nn[nH]n1.Clc1ccc2c(c1)C1(CCCCC1)c1cccc(Cl)c1N2CCc1nn[nH]n1. The predicted octanol–water partition coefficient (Wildman–Crippen LogP) is 20.7. The highest BCUT2D eigenvalue weighted by atomic mass is 79.9. The molecule has 0 radical (unpaired) electrons. The van der Waals surface area contributed by atoms with Crippen molar-refractivity contribution in [2.45, 2.75) is 197 Å². The Hall–Kier alpha value is -8.58. The van der Waals surface area contributed by atoms with Crippen LogP contribution in [0.3, 0.4) is 0 Å². The van der Waals surface area contributed by atoms with Crippen molar-refractivity contribution < 1.29 is 13.2 Å². The lowest BCUT2D eigenvalue weighted by atomic mass is 9.62. The molecule has 19 rings (SSSR count). The van der Waals surface area contributed by atoms with Crippen molar-refractivity contribution in [1.29, 1.82) is 0 Å². The second-order valence-electron chi connectivity index (χ2n) is 32.3. The van der Waals surface area contributed by atoms with Crippen LogP contribution in [0.25, 0.3) is 0 Å². The van der Waals surface area contributed by atoms with Crippen molar-refractivity contribution in [2.24, 2.45) is 0 Å². The number of sulfonamides is 1. The minimum Gasteiger partial charge on any atom is -0.341 e. The van der Waals surface area contributed by atoms with E-state index >= 15 is 0 Å². The van der Waals surface area contributed by atoms with Gasteiger partial charge in [0, 0.05) is 132 Å². The average molecular weight is 1740 g/mol. The Labute approximate surface area is 699 Å². The van der Waals surface area contributed by atoms with Gasteiger partial charge in [-0.3, -0.25) is 9.52 Å². The minimum atomic E-state index is -3.56. The zero-order valence-corrected chi connectivity index (χ0v) is 71.2. The van der Waals surface area contributed by atoms with Crippen LogP contribution in [0, 0.1) is 20.8 Å². The number of hydrogen-bond acceptors (Lipinski definition) is 16. The second kappa shape index (κ2) is 33.6. The number of carbonyl (C=O) groups is 1. The van der Waals surface area contributed by atoms with E-state index in [2.05, 4.69) is 260 Å². The van der Waals surface area contributed by atoms with Crippen LogP contribution in [0.4, 0.5) is 45.5 Å². The molecule has 20 nitrogen and oxygen atoms in total. The Morgan fingerprint density at radius 3 is 1.08 bits per heavy atom. The van der Waals surface area contributed by atoms with Gasteiger partial charge < -0.3 is 19.6 Å². The van der Waals surface area contributed by atoms with Crippen molar-refractivity contribution in [3.63, 3.8) is 0 Å². The number of benzene rings is 8. The van der Waals surface area contributed by atoms with E-state index in [1.165, 1.54) is 192 Å². The molecule has 4 aliphatic heterocycles. The van der Waals surface area contributed by atoms with E-state index in [0.29, 0.717) is 18.8 Å². The molecule has 4 fully saturated rings. The molecular weight excluding hydrogens is 1640 g/mol. The molecule has 4 N–H and O–H groups in total. The summed E-state index contributed by atoms with van der Waals surface area (Å²) in [4.78, 5) is 21.6. The first-order chi connectivity index (χ1) is 55.2. The summed E-state index contributed by atoms with van der Waals surface area (Å²) in [6.45, 7) is 9.30. The number of aryl methyl sites for hydroxylation is 3. The van der Waals surface area contributed by atoms with Gasteiger partial charge in [0.1, 0.15) is 0 Å². The number of halogens is 5. The summed E-state index contributed by atoms with van der Waals surface area (Å²) in [5, 5.41) is 45.9. The quantitative estimate of drug-likeness (QED) is 0.0839. The normalized spacial score (nSPS) is 17.4. The first-order valence-corrected chi connectivity index (χ1v) is 44.9. The van der Waals surface area contributed by atoms with E-state index in [1.54, 1.807) is 0 Å². The van der Waals surface area contributed by atoms with Gasteiger partial charge in [0.05, 0.1) is 17.0 Å². The maximum Gasteiger partial charge on any atom is 0.235 e. The number of aromatic amines is 3. The van der Waals surface area contributed by atoms with Crippen molar-refractivity contribution in [2.75, 3.05) is 52.0 Å². The highest BCUT2D eigenvalue weighted by Gasteiger charge is 2.49. The standard InChI is InChI=1S/C23H27BrN2O3S.C22H24BrN5.C22H24ClN5.C21H21Cl2N5/c1-16-6-8-20-18(14-16)23(11-4-3-5-12-23)19-15-17(24)7-9-21(19)26(20)13-10-22(27)25-30(2,28)29;2*1-15-5-7-19-17(13-15)22(10-3-2-4-11-22)18-14-16(23)6-8-20(18)28(19)12-9-21-24-26-27-25-21;22-14-7-8-18-16(13-14)21(10-2-1-3-11-21)15-5-4-6-17(23)20(15)28(18)12-9-19-24-26-27-25-19/h6-9,14-15H,3-5,10-13H2,1-2H3,(H,25,27);2*5-8,13-14H,2-4,9-12H2,1H3,(H,24,25,26,27);4-8,13H,1-3,9-12H2,(H,24,25,26,27). The van der Waals surface area contributed by atoms with Crippen LogP contribution in [0.5, 0.6) is 0 Å². The molecule has 114 heavy (non-hydrogen) atoms. The van der Waals surface area contributed by atoms with E-state index in [0.717, 1.165) is 117 Å². The van der Waals surface area contributed by atoms with E-state index in [-0.39, 0.29) is 28.1 Å². The molecule has 4 aliphatic carbocycles. The van der Waals surface area contributed by atoms with Gasteiger partial charge in [-0.25, -0.2) is 8.42 Å². The fourth-order valence-electron chi connectivity index (χ4n) is 20.3. The maximum atomic E-state index is 12.2. The molecule has 0 bridgehead atoms. The lowest BCUT2D eigenvalue weighted by molar-refractivity contribution is -0.119. The topological polar surface area (TPSA) is 240 Å². The average Bonchev–Trinajstić information content (AvgIpc) is 0.797. The number of hydrogen-bond donors (Lipinski definition) is 4. The first kappa shape index (κ1) is 79.3. The fraction of sp³-hybridized carbons (Fsp3) is 0.409. The number of tetrazole rings is 3. The number of H-pyrrole nitrogens is 3. The van der Waals surface area contributed by atoms with Crippen molar-refractivity contribution >= 4 is 128 Å². The van der Waals surface area contributed by atoms with Crippen molar-refractivity contribution in [3.8, 4) is 0 Å². The molecular formula is C88H96Br2Cl3N17O3S. The summed E-state index contributed by atoms with van der Waals surface area (Å²) < 4.78 is 27.1. The molecule has 8 aliphatic rings. The summed E-state index contributed by atoms with van der Waals surface area (Å²) in [6, 6.07) is 52.6. The molecule has 0 unspecified atom stereocenters. The number of nitrogens with zero attached hydrogens (tertiary/aromatic N) is 13. The Bertz CT molecular complexity index is 5030. The van der Waals surface area contributed by atoms with Crippen molar-refractivity contribution in [3.05, 3.63) is 248 Å².